The fraction of sp³-hybridized carbons (Fsp3) is 0.588. The maximum Gasteiger partial charge on any atom is 0.254 e. The second kappa shape index (κ2) is 8.98. The molecule has 1 amide bonds. The number of carbonyl (C=O) groups excluding carboxylic acids is 1. The molecule has 2 unspecified atom stereocenters. The van der Waals surface area contributed by atoms with Crippen LogP contribution in [0.25, 0.3) is 0 Å². The summed E-state index contributed by atoms with van der Waals surface area (Å²) in [4.78, 5) is 14.8. The van der Waals surface area contributed by atoms with Crippen LogP contribution < -0.4 is 5.32 Å². The molecule has 1 aromatic rings. The minimum Gasteiger partial charge on any atom is -0.333 e. The van der Waals surface area contributed by atoms with Crippen LogP contribution in [0.2, 0.25) is 0 Å². The van der Waals surface area contributed by atoms with Crippen molar-refractivity contribution in [1.29, 1.82) is 0 Å². The van der Waals surface area contributed by atoms with E-state index >= 15 is 0 Å². The van der Waals surface area contributed by atoms with Gasteiger partial charge in [-0.25, -0.2) is 8.42 Å². The summed E-state index contributed by atoms with van der Waals surface area (Å²) in [6, 6.07) is 6.61. The van der Waals surface area contributed by atoms with Gasteiger partial charge in [0.25, 0.3) is 5.91 Å². The number of benzene rings is 1. The number of nitrogens with zero attached hydrogens (tertiary/aromatic N) is 2. The van der Waals surface area contributed by atoms with Gasteiger partial charge in [0.05, 0.1) is 4.90 Å². The van der Waals surface area contributed by atoms with Crippen LogP contribution in [0.1, 0.15) is 38.1 Å². The van der Waals surface area contributed by atoms with Gasteiger partial charge in [-0.2, -0.15) is 4.31 Å². The molecule has 0 bridgehead atoms. The van der Waals surface area contributed by atoms with Crippen LogP contribution in [-0.2, 0) is 10.0 Å². The Morgan fingerprint density at radius 2 is 1.76 bits per heavy atom. The van der Waals surface area contributed by atoms with Crippen molar-refractivity contribution in [2.45, 2.75) is 44.7 Å². The summed E-state index contributed by atoms with van der Waals surface area (Å²) in [7, 11) is -3.49. The molecule has 1 N–H and O–H groups in total. The maximum atomic E-state index is 12.7. The highest BCUT2D eigenvalue weighted by Gasteiger charge is 2.29. The molecule has 0 radical (unpaired) electrons. The Kier molecular flexibility index (Phi) is 7.87. The molecule has 2 atom stereocenters. The Balaban J connectivity index is 0.00000312. The van der Waals surface area contributed by atoms with E-state index in [1.54, 1.807) is 12.1 Å². The maximum absolute atomic E-state index is 12.7. The molecular formula is C17H28ClN3O3S. The van der Waals surface area contributed by atoms with Gasteiger partial charge in [0.1, 0.15) is 0 Å². The zero-order valence-electron chi connectivity index (χ0n) is 15.2. The topological polar surface area (TPSA) is 69.7 Å². The molecule has 1 aliphatic heterocycles. The zero-order chi connectivity index (χ0) is 17.9. The molecule has 1 fully saturated rings. The lowest BCUT2D eigenvalue weighted by molar-refractivity contribution is 0.0603. The first-order chi connectivity index (χ1) is 11.3. The Labute approximate surface area is 157 Å². The highest BCUT2D eigenvalue weighted by Crippen LogP contribution is 2.19. The van der Waals surface area contributed by atoms with Crippen molar-refractivity contribution in [3.8, 4) is 0 Å². The van der Waals surface area contributed by atoms with Crippen LogP contribution in [0.15, 0.2) is 29.2 Å². The average Bonchev–Trinajstić information content (AvgIpc) is 2.58. The lowest BCUT2D eigenvalue weighted by Crippen LogP contribution is -2.57. The molecule has 0 aliphatic carbocycles. The summed E-state index contributed by atoms with van der Waals surface area (Å²) in [5, 5.41) is 3.34. The summed E-state index contributed by atoms with van der Waals surface area (Å²) in [6.45, 7) is 9.98. The summed E-state index contributed by atoms with van der Waals surface area (Å²) in [6.07, 6.45) is 0. The molecule has 1 aliphatic rings. The van der Waals surface area contributed by atoms with E-state index in [2.05, 4.69) is 12.2 Å². The minimum absolute atomic E-state index is 0. The number of piperazine rings is 1. The standard InChI is InChI=1S/C17H27N3O3S.ClH/c1-5-19(6-2)24(22,23)16-9-7-15(8-10-16)17(21)20-12-11-18-13(3)14(20)4;/h7-10,13-14,18H,5-6,11-12H2,1-4H3;1H. The van der Waals surface area contributed by atoms with Gasteiger partial charge >= 0.3 is 0 Å². The predicted octanol–water partition coefficient (Wildman–Crippen LogP) is 1.96. The van der Waals surface area contributed by atoms with E-state index < -0.39 is 10.0 Å². The SMILES string of the molecule is CCN(CC)S(=O)(=O)c1ccc(C(=O)N2CCNC(C)C2C)cc1.Cl. The predicted molar refractivity (Wildman–Crippen MR) is 102 cm³/mol. The number of rotatable bonds is 5. The molecule has 0 saturated carbocycles. The monoisotopic (exact) mass is 389 g/mol. The van der Waals surface area contributed by atoms with Crippen molar-refractivity contribution in [2.24, 2.45) is 0 Å². The first-order valence-electron chi connectivity index (χ1n) is 8.47. The van der Waals surface area contributed by atoms with Gasteiger partial charge in [0, 0.05) is 43.8 Å². The van der Waals surface area contributed by atoms with Crippen LogP contribution >= 0.6 is 12.4 Å². The van der Waals surface area contributed by atoms with Gasteiger partial charge in [-0.1, -0.05) is 13.8 Å². The van der Waals surface area contributed by atoms with Gasteiger partial charge in [0.15, 0.2) is 0 Å². The number of carbonyl (C=O) groups is 1. The first kappa shape index (κ1) is 21.9. The second-order valence-corrected chi connectivity index (χ2v) is 8.03. The van der Waals surface area contributed by atoms with Crippen molar-refractivity contribution in [2.75, 3.05) is 26.2 Å². The van der Waals surface area contributed by atoms with Crippen molar-refractivity contribution in [1.82, 2.24) is 14.5 Å². The van der Waals surface area contributed by atoms with E-state index in [0.717, 1.165) is 6.54 Å². The van der Waals surface area contributed by atoms with E-state index in [9.17, 15) is 13.2 Å². The van der Waals surface area contributed by atoms with E-state index in [1.165, 1.54) is 16.4 Å². The van der Waals surface area contributed by atoms with Crippen LogP contribution in [0.3, 0.4) is 0 Å². The van der Waals surface area contributed by atoms with E-state index in [-0.39, 0.29) is 35.3 Å². The summed E-state index contributed by atoms with van der Waals surface area (Å²) in [5.41, 5.74) is 0.523. The van der Waals surface area contributed by atoms with Crippen molar-refractivity contribution < 1.29 is 13.2 Å². The van der Waals surface area contributed by atoms with Gasteiger partial charge < -0.3 is 10.2 Å². The smallest absolute Gasteiger partial charge is 0.254 e. The third-order valence-electron chi connectivity index (χ3n) is 4.74. The Morgan fingerprint density at radius 3 is 2.28 bits per heavy atom. The van der Waals surface area contributed by atoms with Gasteiger partial charge in [-0.15, -0.1) is 12.4 Å². The van der Waals surface area contributed by atoms with Gasteiger partial charge in [0.2, 0.25) is 10.0 Å². The molecule has 0 spiro atoms. The number of amides is 1. The second-order valence-electron chi connectivity index (χ2n) is 6.10. The lowest BCUT2D eigenvalue weighted by atomic mass is 10.1. The van der Waals surface area contributed by atoms with Crippen molar-refractivity contribution >= 4 is 28.3 Å². The van der Waals surface area contributed by atoms with Crippen molar-refractivity contribution in [3.63, 3.8) is 0 Å². The number of nitrogens with one attached hydrogen (secondary N) is 1. The number of hydrogen-bond acceptors (Lipinski definition) is 4. The van der Waals surface area contributed by atoms with E-state index in [1.807, 2.05) is 25.7 Å². The number of sulfonamides is 1. The van der Waals surface area contributed by atoms with Crippen molar-refractivity contribution in [3.05, 3.63) is 29.8 Å². The number of hydrogen-bond donors (Lipinski definition) is 1. The molecule has 25 heavy (non-hydrogen) atoms. The minimum atomic E-state index is -3.49. The fourth-order valence-electron chi connectivity index (χ4n) is 2.99. The Hall–Kier alpha value is -1.15. The summed E-state index contributed by atoms with van der Waals surface area (Å²) >= 11 is 0. The summed E-state index contributed by atoms with van der Waals surface area (Å²) in [5.74, 6) is -0.0531. The largest absolute Gasteiger partial charge is 0.333 e. The normalized spacial score (nSPS) is 21.1. The van der Waals surface area contributed by atoms with E-state index in [0.29, 0.717) is 25.2 Å². The molecule has 1 saturated heterocycles. The third kappa shape index (κ3) is 4.53. The molecule has 6 nitrogen and oxygen atoms in total. The Morgan fingerprint density at radius 1 is 1.20 bits per heavy atom. The average molecular weight is 390 g/mol. The van der Waals surface area contributed by atoms with Crippen LogP contribution in [-0.4, -0.2) is 61.8 Å². The molecule has 2 rings (SSSR count). The highest BCUT2D eigenvalue weighted by atomic mass is 35.5. The van der Waals surface area contributed by atoms with Crippen LogP contribution in [0, 0.1) is 0 Å². The molecule has 142 valence electrons. The summed E-state index contributed by atoms with van der Waals surface area (Å²) < 4.78 is 26.4. The van der Waals surface area contributed by atoms with Gasteiger partial charge in [-0.05, 0) is 38.1 Å². The van der Waals surface area contributed by atoms with Gasteiger partial charge in [-0.3, -0.25) is 4.79 Å². The highest BCUT2D eigenvalue weighted by molar-refractivity contribution is 7.89. The third-order valence-corrected chi connectivity index (χ3v) is 6.80. The van der Waals surface area contributed by atoms with E-state index in [4.69, 9.17) is 0 Å². The molecule has 0 aromatic heterocycles. The lowest BCUT2D eigenvalue weighted by Gasteiger charge is -2.38. The first-order valence-corrected chi connectivity index (χ1v) is 9.91. The molecule has 1 aromatic carbocycles. The van der Waals surface area contributed by atoms with Crippen LogP contribution in [0.5, 0.6) is 0 Å². The molecule has 8 heteroatoms. The fourth-order valence-corrected chi connectivity index (χ4v) is 4.45. The van der Waals surface area contributed by atoms with Crippen LogP contribution in [0.4, 0.5) is 0 Å². The Bertz CT molecular complexity index is 675. The quantitative estimate of drug-likeness (QED) is 0.835. The molecular weight excluding hydrogens is 362 g/mol. The number of halogens is 1. The zero-order valence-corrected chi connectivity index (χ0v) is 16.9. The molecule has 1 heterocycles.